The normalized spacial score (nSPS) is 10.3. The summed E-state index contributed by atoms with van der Waals surface area (Å²) in [6.45, 7) is -0.0725. The number of rotatable bonds is 4. The molecule has 0 aliphatic rings. The summed E-state index contributed by atoms with van der Waals surface area (Å²) < 4.78 is 14.2. The number of aliphatic hydroxyl groups excluding tert-OH is 1. The second-order valence-electron chi connectivity index (χ2n) is 3.75. The lowest BCUT2D eigenvalue weighted by molar-refractivity contribution is -0.116. The fourth-order valence-corrected chi connectivity index (χ4v) is 1.47. The van der Waals surface area contributed by atoms with Gasteiger partial charge < -0.3 is 15.0 Å². The Morgan fingerprint density at radius 2 is 2.11 bits per heavy atom. The van der Waals surface area contributed by atoms with Crippen molar-refractivity contribution in [2.45, 2.75) is 13.2 Å². The predicted octanol–water partition coefficient (Wildman–Crippen LogP) is 1.15. The van der Waals surface area contributed by atoms with Crippen molar-refractivity contribution in [3.8, 4) is 0 Å². The number of carbonyl (C=O) groups is 1. The average Bonchev–Trinajstić information content (AvgIpc) is 2.79. The second kappa shape index (κ2) is 5.42. The van der Waals surface area contributed by atoms with E-state index in [1.165, 1.54) is 30.6 Å². The molecule has 0 bridgehead atoms. The number of nitrogens with one attached hydrogen (secondary N) is 1. The van der Waals surface area contributed by atoms with E-state index in [1.807, 2.05) is 0 Å². The van der Waals surface area contributed by atoms with Crippen molar-refractivity contribution in [2.75, 3.05) is 5.32 Å². The molecule has 94 valence electrons. The number of anilines is 1. The van der Waals surface area contributed by atoms with E-state index in [2.05, 4.69) is 10.3 Å². The largest absolute Gasteiger partial charge is 0.390 e. The summed E-state index contributed by atoms with van der Waals surface area (Å²) in [5, 5.41) is 11.5. The molecule has 0 fully saturated rings. The second-order valence-corrected chi connectivity index (χ2v) is 3.75. The number of halogens is 1. The molecule has 0 aliphatic carbocycles. The van der Waals surface area contributed by atoms with Gasteiger partial charge in [-0.2, -0.15) is 0 Å². The molecule has 2 N–H and O–H groups in total. The van der Waals surface area contributed by atoms with Gasteiger partial charge in [-0.25, -0.2) is 9.37 Å². The molecule has 5 nitrogen and oxygen atoms in total. The Morgan fingerprint density at radius 3 is 2.72 bits per heavy atom. The topological polar surface area (TPSA) is 67.2 Å². The maximum atomic E-state index is 12.7. The fraction of sp³-hybridized carbons (Fsp3) is 0.167. The first kappa shape index (κ1) is 12.3. The number of imidazole rings is 1. The molecule has 6 heteroatoms. The highest BCUT2D eigenvalue weighted by molar-refractivity contribution is 5.90. The summed E-state index contributed by atoms with van der Waals surface area (Å²) in [7, 11) is 0. The lowest BCUT2D eigenvalue weighted by Crippen LogP contribution is -2.17. The van der Waals surface area contributed by atoms with Crippen molar-refractivity contribution >= 4 is 11.6 Å². The van der Waals surface area contributed by atoms with Gasteiger partial charge in [0.2, 0.25) is 5.91 Å². The Bertz CT molecular complexity index is 537. The van der Waals surface area contributed by atoms with Gasteiger partial charge in [0.25, 0.3) is 0 Å². The van der Waals surface area contributed by atoms with Gasteiger partial charge in [0, 0.05) is 11.9 Å². The Labute approximate surface area is 103 Å². The molecule has 0 atom stereocenters. The molecule has 0 spiro atoms. The van der Waals surface area contributed by atoms with Crippen LogP contribution in [0.5, 0.6) is 0 Å². The summed E-state index contributed by atoms with van der Waals surface area (Å²) in [6.07, 6.45) is 3.06. The lowest BCUT2D eigenvalue weighted by atomic mass is 10.3. The zero-order chi connectivity index (χ0) is 13.0. The highest BCUT2D eigenvalue weighted by Gasteiger charge is 2.04. The van der Waals surface area contributed by atoms with Crippen LogP contribution >= 0.6 is 0 Å². The van der Waals surface area contributed by atoms with Crippen LogP contribution in [0.2, 0.25) is 0 Å². The van der Waals surface area contributed by atoms with Crippen LogP contribution in [0.3, 0.4) is 0 Å². The van der Waals surface area contributed by atoms with Crippen molar-refractivity contribution in [2.24, 2.45) is 0 Å². The van der Waals surface area contributed by atoms with Crippen molar-refractivity contribution in [3.63, 3.8) is 0 Å². The van der Waals surface area contributed by atoms with Crippen molar-refractivity contribution in [1.82, 2.24) is 9.55 Å². The summed E-state index contributed by atoms with van der Waals surface area (Å²) >= 11 is 0. The fourth-order valence-electron chi connectivity index (χ4n) is 1.47. The number of aromatic nitrogens is 2. The van der Waals surface area contributed by atoms with Gasteiger partial charge in [-0.05, 0) is 24.3 Å². The van der Waals surface area contributed by atoms with E-state index in [4.69, 9.17) is 5.11 Å². The van der Waals surface area contributed by atoms with E-state index in [1.54, 1.807) is 10.8 Å². The summed E-state index contributed by atoms with van der Waals surface area (Å²) in [5.41, 5.74) is 1.04. The third kappa shape index (κ3) is 3.14. The molecule has 0 aliphatic heterocycles. The number of nitrogens with zero attached hydrogens (tertiary/aromatic N) is 2. The number of hydrogen-bond acceptors (Lipinski definition) is 3. The predicted molar refractivity (Wildman–Crippen MR) is 63.2 cm³/mol. The summed E-state index contributed by atoms with van der Waals surface area (Å²) in [6, 6.07) is 5.52. The van der Waals surface area contributed by atoms with Crippen LogP contribution in [-0.2, 0) is 17.9 Å². The minimum Gasteiger partial charge on any atom is -0.390 e. The number of amides is 1. The third-order valence-electron chi connectivity index (χ3n) is 2.30. The molecule has 2 aromatic rings. The highest BCUT2D eigenvalue weighted by atomic mass is 19.1. The van der Waals surface area contributed by atoms with Gasteiger partial charge in [0.1, 0.15) is 12.4 Å². The van der Waals surface area contributed by atoms with E-state index in [0.29, 0.717) is 11.4 Å². The minimum absolute atomic E-state index is 0.0877. The SMILES string of the molecule is O=C(Cn1cnc(CO)c1)Nc1ccc(F)cc1. The zero-order valence-electron chi connectivity index (χ0n) is 9.51. The van der Waals surface area contributed by atoms with Gasteiger partial charge in [0.05, 0.1) is 18.6 Å². The molecule has 0 radical (unpaired) electrons. The van der Waals surface area contributed by atoms with Crippen LogP contribution < -0.4 is 5.32 Å². The Morgan fingerprint density at radius 1 is 1.39 bits per heavy atom. The number of carbonyl (C=O) groups excluding carboxylic acids is 1. The molecule has 1 amide bonds. The number of benzene rings is 1. The van der Waals surface area contributed by atoms with E-state index < -0.39 is 0 Å². The Balaban J connectivity index is 1.94. The molecule has 0 saturated carbocycles. The number of hydrogen-bond donors (Lipinski definition) is 2. The quantitative estimate of drug-likeness (QED) is 0.854. The van der Waals surface area contributed by atoms with Gasteiger partial charge in [-0.1, -0.05) is 0 Å². The number of aliphatic hydroxyl groups is 1. The molecule has 18 heavy (non-hydrogen) atoms. The first-order valence-electron chi connectivity index (χ1n) is 5.34. The maximum absolute atomic E-state index is 12.7. The standard InChI is InChI=1S/C12H12FN3O2/c13-9-1-3-10(4-2-9)15-12(18)6-16-5-11(7-17)14-8-16/h1-5,8,17H,6-7H2,(H,15,18). The molecule has 2 rings (SSSR count). The summed E-state index contributed by atoms with van der Waals surface area (Å²) in [4.78, 5) is 15.5. The highest BCUT2D eigenvalue weighted by Crippen LogP contribution is 2.08. The van der Waals surface area contributed by atoms with Crippen LogP contribution in [0.4, 0.5) is 10.1 Å². The van der Waals surface area contributed by atoms with Crippen LogP contribution in [0.15, 0.2) is 36.8 Å². The first-order chi connectivity index (χ1) is 8.67. The van der Waals surface area contributed by atoms with Crippen molar-refractivity contribution < 1.29 is 14.3 Å². The van der Waals surface area contributed by atoms with Crippen LogP contribution in [0.1, 0.15) is 5.69 Å². The molecule has 1 heterocycles. The van der Waals surface area contributed by atoms with Crippen LogP contribution in [0, 0.1) is 5.82 Å². The van der Waals surface area contributed by atoms with Gasteiger partial charge in [-0.3, -0.25) is 4.79 Å². The van der Waals surface area contributed by atoms with E-state index in [0.717, 1.165) is 0 Å². The lowest BCUT2D eigenvalue weighted by Gasteiger charge is -2.05. The third-order valence-corrected chi connectivity index (χ3v) is 2.30. The average molecular weight is 249 g/mol. The molecular weight excluding hydrogens is 237 g/mol. The molecule has 0 saturated heterocycles. The van der Waals surface area contributed by atoms with E-state index >= 15 is 0 Å². The van der Waals surface area contributed by atoms with Gasteiger partial charge >= 0.3 is 0 Å². The minimum atomic E-state index is -0.352. The van der Waals surface area contributed by atoms with Crippen LogP contribution in [0.25, 0.3) is 0 Å². The smallest absolute Gasteiger partial charge is 0.244 e. The van der Waals surface area contributed by atoms with Crippen molar-refractivity contribution in [3.05, 3.63) is 48.3 Å². The summed E-state index contributed by atoms with van der Waals surface area (Å²) in [5.74, 6) is -0.598. The molecule has 0 unspecified atom stereocenters. The first-order valence-corrected chi connectivity index (χ1v) is 5.34. The Hall–Kier alpha value is -2.21. The monoisotopic (exact) mass is 249 g/mol. The molecule has 1 aromatic heterocycles. The van der Waals surface area contributed by atoms with E-state index in [9.17, 15) is 9.18 Å². The Kier molecular flexibility index (Phi) is 3.69. The van der Waals surface area contributed by atoms with Crippen molar-refractivity contribution in [1.29, 1.82) is 0 Å². The molecule has 1 aromatic carbocycles. The molecular formula is C12H12FN3O2. The van der Waals surface area contributed by atoms with Gasteiger partial charge in [0.15, 0.2) is 0 Å². The van der Waals surface area contributed by atoms with Gasteiger partial charge in [-0.15, -0.1) is 0 Å². The maximum Gasteiger partial charge on any atom is 0.244 e. The van der Waals surface area contributed by atoms with Crippen LogP contribution in [-0.4, -0.2) is 20.6 Å². The van der Waals surface area contributed by atoms with E-state index in [-0.39, 0.29) is 24.9 Å². The zero-order valence-corrected chi connectivity index (χ0v) is 9.51.